The molecule has 382 valence electrons. The molecule has 2 aromatic rings. The molecule has 2 rings (SSSR count). The van der Waals surface area contributed by atoms with Gasteiger partial charge in [0.1, 0.15) is 6.10 Å². The topological polar surface area (TPSA) is 26.7 Å². The highest BCUT2D eigenvalue weighted by Crippen LogP contribution is 2.25. The van der Waals surface area contributed by atoms with E-state index in [0.717, 1.165) is 24.2 Å². The number of nitrogens with zero attached hydrogens (tertiary/aromatic N) is 2. The standard InChI is InChI=1S/C63H114N2O/c1-5-9-13-17-21-25-29-33-37-41-53-64(54-42-38-34-30-26-22-18-14-10-6-2)57-59-45-49-61(50-46-59)63(66)62-51-47-60(48-52-62)58-65(55-43-39-35-31-27-23-19-15-11-7-3)56-44-40-36-32-28-24-20-16-12-8-4/h45-52,63,66H,5-44,53-58H2,1-4H3. The summed E-state index contributed by atoms with van der Waals surface area (Å²) in [6, 6.07) is 17.9. The highest BCUT2D eigenvalue weighted by molar-refractivity contribution is 5.33. The van der Waals surface area contributed by atoms with Gasteiger partial charge in [0.25, 0.3) is 0 Å². The first-order chi connectivity index (χ1) is 32.6. The highest BCUT2D eigenvalue weighted by atomic mass is 16.3. The van der Waals surface area contributed by atoms with E-state index >= 15 is 0 Å². The average molecular weight is 916 g/mol. The average Bonchev–Trinajstić information content (AvgIpc) is 3.33. The molecule has 0 atom stereocenters. The van der Waals surface area contributed by atoms with Crippen LogP contribution in [0.1, 0.15) is 313 Å². The van der Waals surface area contributed by atoms with Gasteiger partial charge in [-0.15, -0.1) is 0 Å². The van der Waals surface area contributed by atoms with E-state index in [1.54, 1.807) is 0 Å². The van der Waals surface area contributed by atoms with Crippen molar-refractivity contribution < 1.29 is 5.11 Å². The summed E-state index contributed by atoms with van der Waals surface area (Å²) in [5, 5.41) is 11.6. The van der Waals surface area contributed by atoms with Crippen molar-refractivity contribution in [1.29, 1.82) is 0 Å². The van der Waals surface area contributed by atoms with Crippen molar-refractivity contribution >= 4 is 0 Å². The van der Waals surface area contributed by atoms with Crippen LogP contribution in [0.4, 0.5) is 0 Å². The Morgan fingerprint density at radius 3 is 0.652 bits per heavy atom. The van der Waals surface area contributed by atoms with Crippen molar-refractivity contribution in [2.24, 2.45) is 0 Å². The maximum absolute atomic E-state index is 11.6. The Hall–Kier alpha value is -1.68. The highest BCUT2D eigenvalue weighted by Gasteiger charge is 2.13. The lowest BCUT2D eigenvalue weighted by Crippen LogP contribution is -2.25. The molecular formula is C63H114N2O. The molecule has 0 saturated heterocycles. The monoisotopic (exact) mass is 915 g/mol. The van der Waals surface area contributed by atoms with Crippen LogP contribution in [-0.2, 0) is 13.1 Å². The molecule has 0 heterocycles. The minimum atomic E-state index is -0.586. The van der Waals surface area contributed by atoms with E-state index in [9.17, 15) is 5.11 Å². The van der Waals surface area contributed by atoms with Gasteiger partial charge in [-0.1, -0.05) is 307 Å². The van der Waals surface area contributed by atoms with Crippen molar-refractivity contribution in [3.8, 4) is 0 Å². The fourth-order valence-electron chi connectivity index (χ4n) is 10.2. The Kier molecular flexibility index (Phi) is 41.9. The summed E-state index contributed by atoms with van der Waals surface area (Å²) in [5.74, 6) is 0. The molecule has 0 fully saturated rings. The molecular weight excluding hydrogens is 801 g/mol. The van der Waals surface area contributed by atoms with E-state index in [4.69, 9.17) is 0 Å². The van der Waals surface area contributed by atoms with E-state index in [1.165, 1.54) is 294 Å². The molecule has 0 amide bonds. The summed E-state index contributed by atoms with van der Waals surface area (Å²) in [7, 11) is 0. The maximum Gasteiger partial charge on any atom is 0.104 e. The summed E-state index contributed by atoms with van der Waals surface area (Å²) in [6.07, 6.45) is 55.2. The number of hydrogen-bond acceptors (Lipinski definition) is 3. The fourth-order valence-corrected chi connectivity index (χ4v) is 10.2. The molecule has 0 radical (unpaired) electrons. The molecule has 0 spiro atoms. The number of unbranched alkanes of at least 4 members (excludes halogenated alkanes) is 36. The van der Waals surface area contributed by atoms with E-state index < -0.39 is 6.10 Å². The first kappa shape index (κ1) is 60.4. The minimum Gasteiger partial charge on any atom is -0.384 e. The van der Waals surface area contributed by atoms with Crippen molar-refractivity contribution in [3.63, 3.8) is 0 Å². The third-order valence-corrected chi connectivity index (χ3v) is 14.7. The molecule has 0 bridgehead atoms. The van der Waals surface area contributed by atoms with Gasteiger partial charge in [-0.3, -0.25) is 9.80 Å². The fraction of sp³-hybridized carbons (Fsp3) is 0.810. The predicted molar refractivity (Wildman–Crippen MR) is 295 cm³/mol. The second-order valence-corrected chi connectivity index (χ2v) is 21.2. The molecule has 3 heteroatoms. The van der Waals surface area contributed by atoms with Gasteiger partial charge in [-0.25, -0.2) is 0 Å². The van der Waals surface area contributed by atoms with Gasteiger partial charge in [-0.05, 0) is 74.1 Å². The van der Waals surface area contributed by atoms with Gasteiger partial charge in [0.15, 0.2) is 0 Å². The molecule has 3 nitrogen and oxygen atoms in total. The third-order valence-electron chi connectivity index (χ3n) is 14.7. The van der Waals surface area contributed by atoms with Gasteiger partial charge >= 0.3 is 0 Å². The molecule has 0 saturated carbocycles. The number of aliphatic hydroxyl groups is 1. The van der Waals surface area contributed by atoms with Crippen LogP contribution in [0.5, 0.6) is 0 Å². The first-order valence-electron chi connectivity index (χ1n) is 29.9. The van der Waals surface area contributed by atoms with Crippen LogP contribution in [0.15, 0.2) is 48.5 Å². The van der Waals surface area contributed by atoms with Crippen LogP contribution in [-0.4, -0.2) is 41.1 Å². The van der Waals surface area contributed by atoms with Gasteiger partial charge in [-0.2, -0.15) is 0 Å². The summed E-state index contributed by atoms with van der Waals surface area (Å²) >= 11 is 0. The maximum atomic E-state index is 11.6. The van der Waals surface area contributed by atoms with E-state index in [0.29, 0.717) is 0 Å². The van der Waals surface area contributed by atoms with Crippen LogP contribution in [0.3, 0.4) is 0 Å². The van der Waals surface area contributed by atoms with Gasteiger partial charge in [0.2, 0.25) is 0 Å². The van der Waals surface area contributed by atoms with Gasteiger partial charge in [0, 0.05) is 13.1 Å². The van der Waals surface area contributed by atoms with Crippen molar-refractivity contribution in [2.75, 3.05) is 26.2 Å². The third kappa shape index (κ3) is 34.6. The second kappa shape index (κ2) is 45.7. The summed E-state index contributed by atoms with van der Waals surface area (Å²) in [5.41, 5.74) is 4.77. The van der Waals surface area contributed by atoms with Crippen LogP contribution in [0.2, 0.25) is 0 Å². The number of rotatable bonds is 50. The van der Waals surface area contributed by atoms with Gasteiger partial charge < -0.3 is 5.11 Å². The molecule has 66 heavy (non-hydrogen) atoms. The molecule has 0 aliphatic rings. The number of aliphatic hydroxyl groups excluding tert-OH is 1. The van der Waals surface area contributed by atoms with Crippen molar-refractivity contribution in [1.82, 2.24) is 9.80 Å². The van der Waals surface area contributed by atoms with E-state index in [-0.39, 0.29) is 0 Å². The quantitative estimate of drug-likeness (QED) is 0.0670. The largest absolute Gasteiger partial charge is 0.384 e. The molecule has 0 aliphatic carbocycles. The number of hydrogen-bond donors (Lipinski definition) is 1. The summed E-state index contributed by atoms with van der Waals surface area (Å²) in [4.78, 5) is 5.46. The lowest BCUT2D eigenvalue weighted by atomic mass is 9.99. The van der Waals surface area contributed by atoms with Crippen molar-refractivity contribution in [2.45, 2.75) is 304 Å². The van der Waals surface area contributed by atoms with Crippen LogP contribution in [0.25, 0.3) is 0 Å². The van der Waals surface area contributed by atoms with Crippen LogP contribution < -0.4 is 0 Å². The zero-order valence-corrected chi connectivity index (χ0v) is 45.1. The minimum absolute atomic E-state index is 0.586. The normalized spacial score (nSPS) is 11.9. The smallest absolute Gasteiger partial charge is 0.104 e. The Morgan fingerprint density at radius 2 is 0.455 bits per heavy atom. The molecule has 2 aromatic carbocycles. The molecule has 0 unspecified atom stereocenters. The zero-order chi connectivity index (χ0) is 47.2. The van der Waals surface area contributed by atoms with E-state index in [2.05, 4.69) is 86.0 Å². The van der Waals surface area contributed by atoms with Crippen LogP contribution >= 0.6 is 0 Å². The van der Waals surface area contributed by atoms with Crippen LogP contribution in [0, 0.1) is 0 Å². The molecule has 0 aliphatic heterocycles. The molecule has 0 aromatic heterocycles. The van der Waals surface area contributed by atoms with Crippen molar-refractivity contribution in [3.05, 3.63) is 70.8 Å². The summed E-state index contributed by atoms with van der Waals surface area (Å²) < 4.78 is 0. The Balaban J connectivity index is 1.89. The second-order valence-electron chi connectivity index (χ2n) is 21.2. The zero-order valence-electron chi connectivity index (χ0n) is 45.1. The van der Waals surface area contributed by atoms with Gasteiger partial charge in [0.05, 0.1) is 0 Å². The Bertz CT molecular complexity index is 1110. The number of benzene rings is 2. The Labute approximate surface area is 413 Å². The first-order valence-corrected chi connectivity index (χ1v) is 29.9. The Morgan fingerprint density at radius 1 is 0.273 bits per heavy atom. The lowest BCUT2D eigenvalue weighted by molar-refractivity contribution is 0.220. The lowest BCUT2D eigenvalue weighted by Gasteiger charge is -2.23. The molecule has 1 N–H and O–H groups in total. The van der Waals surface area contributed by atoms with E-state index in [1.807, 2.05) is 0 Å². The predicted octanol–water partition coefficient (Wildman–Crippen LogP) is 20.1. The SMILES string of the molecule is CCCCCCCCCCCCN(CCCCCCCCCCCC)Cc1ccc(C(O)c2ccc(CN(CCCCCCCCCCCC)CCCCCCCCCCCC)cc2)cc1. The summed E-state index contributed by atoms with van der Waals surface area (Å²) in [6.45, 7) is 16.1.